The van der Waals surface area contributed by atoms with E-state index in [1.165, 1.54) is 0 Å². The first-order valence-electron chi connectivity index (χ1n) is 6.53. The first kappa shape index (κ1) is 13.9. The fraction of sp³-hybridized carbons (Fsp3) is 0.111. The number of hydrogen-bond acceptors (Lipinski definition) is 2. The summed E-state index contributed by atoms with van der Waals surface area (Å²) in [7, 11) is 0. The maximum absolute atomic E-state index is 4.61. The molecule has 0 radical (unpaired) electrons. The highest BCUT2D eigenvalue weighted by atomic mass is 14.8. The third-order valence-electron chi connectivity index (χ3n) is 2.95. The minimum Gasteiger partial charge on any atom is -0.259 e. The Balaban J connectivity index is 3.08. The van der Waals surface area contributed by atoms with Crippen LogP contribution in [-0.4, -0.2) is 11.2 Å². The van der Waals surface area contributed by atoms with Gasteiger partial charge in [0.1, 0.15) is 0 Å². The van der Waals surface area contributed by atoms with Crippen LogP contribution in [0.25, 0.3) is 24.1 Å². The second kappa shape index (κ2) is 6.11. The van der Waals surface area contributed by atoms with Crippen molar-refractivity contribution < 1.29 is 0 Å². The molecule has 0 saturated carbocycles. The van der Waals surface area contributed by atoms with E-state index in [1.807, 2.05) is 50.2 Å². The van der Waals surface area contributed by atoms with E-state index < -0.39 is 0 Å². The van der Waals surface area contributed by atoms with Crippen LogP contribution in [0.3, 0.4) is 0 Å². The van der Waals surface area contributed by atoms with Crippen molar-refractivity contribution in [1.82, 2.24) is 4.98 Å². The summed E-state index contributed by atoms with van der Waals surface area (Å²) in [5.41, 5.74) is 2.82. The molecule has 2 heteroatoms. The Bertz CT molecular complexity index is 819. The molecule has 0 unspecified atom stereocenters. The van der Waals surface area contributed by atoms with Crippen molar-refractivity contribution in [3.63, 3.8) is 0 Å². The van der Waals surface area contributed by atoms with Crippen molar-refractivity contribution in [2.24, 2.45) is 4.99 Å². The van der Waals surface area contributed by atoms with Crippen molar-refractivity contribution in [1.29, 1.82) is 0 Å². The van der Waals surface area contributed by atoms with Gasteiger partial charge < -0.3 is 0 Å². The zero-order valence-corrected chi connectivity index (χ0v) is 11.9. The summed E-state index contributed by atoms with van der Waals surface area (Å²) in [6.07, 6.45) is 1.78. The molecule has 0 fully saturated rings. The van der Waals surface area contributed by atoms with E-state index in [1.54, 1.807) is 6.21 Å². The lowest BCUT2D eigenvalue weighted by molar-refractivity contribution is 1.32. The van der Waals surface area contributed by atoms with Crippen molar-refractivity contribution in [2.75, 3.05) is 0 Å². The van der Waals surface area contributed by atoms with Crippen LogP contribution < -0.4 is 10.6 Å². The quantitative estimate of drug-likeness (QED) is 0.724. The molecule has 0 amide bonds. The Morgan fingerprint density at radius 1 is 1.10 bits per heavy atom. The average molecular weight is 262 g/mol. The topological polar surface area (TPSA) is 25.2 Å². The average Bonchev–Trinajstić information content (AvgIpc) is 2.41. The van der Waals surface area contributed by atoms with Crippen LogP contribution in [-0.2, 0) is 0 Å². The minimum atomic E-state index is 0.704. The fourth-order valence-corrected chi connectivity index (χ4v) is 2.00. The monoisotopic (exact) mass is 262 g/mol. The summed E-state index contributed by atoms with van der Waals surface area (Å²) in [6, 6.07) is 13.8. The summed E-state index contributed by atoms with van der Waals surface area (Å²) in [4.78, 5) is 9.07. The molecule has 1 aromatic heterocycles. The zero-order valence-electron chi connectivity index (χ0n) is 11.9. The molecule has 1 heterocycles. The van der Waals surface area contributed by atoms with Crippen LogP contribution >= 0.6 is 0 Å². The van der Waals surface area contributed by atoms with E-state index in [0.717, 1.165) is 27.4 Å². The molecule has 0 atom stereocenters. The van der Waals surface area contributed by atoms with Crippen LogP contribution in [0.4, 0.5) is 5.69 Å². The zero-order chi connectivity index (χ0) is 14.5. The van der Waals surface area contributed by atoms with Crippen molar-refractivity contribution in [3.8, 4) is 0 Å². The summed E-state index contributed by atoms with van der Waals surface area (Å²) in [6.45, 7) is 11.9. The normalized spacial score (nSPS) is 10.7. The minimum absolute atomic E-state index is 0.704. The largest absolute Gasteiger partial charge is 0.259 e. The van der Waals surface area contributed by atoms with Gasteiger partial charge in [0.15, 0.2) is 0 Å². The molecular weight excluding hydrogens is 244 g/mol. The van der Waals surface area contributed by atoms with E-state index in [9.17, 15) is 0 Å². The molecule has 100 valence electrons. The molecule has 0 spiro atoms. The summed E-state index contributed by atoms with van der Waals surface area (Å²) in [5.74, 6) is 0. The van der Waals surface area contributed by atoms with Crippen LogP contribution in [0.2, 0.25) is 0 Å². The number of fused-ring (bicyclic) bond motifs is 1. The molecule has 0 bridgehead atoms. The fourth-order valence-electron chi connectivity index (χ4n) is 2.00. The number of nitrogens with zero attached hydrogens (tertiary/aromatic N) is 2. The summed E-state index contributed by atoms with van der Waals surface area (Å²) < 4.78 is 0. The van der Waals surface area contributed by atoms with Crippen molar-refractivity contribution in [3.05, 3.63) is 58.6 Å². The van der Waals surface area contributed by atoms with Gasteiger partial charge in [-0.3, -0.25) is 4.99 Å². The predicted octanol–water partition coefficient (Wildman–Crippen LogP) is 3.21. The lowest BCUT2D eigenvalue weighted by atomic mass is 10.1. The second-order valence-corrected chi connectivity index (χ2v) is 4.60. The number of aliphatic imine (C=N–C) groups is 1. The Morgan fingerprint density at radius 3 is 2.60 bits per heavy atom. The Kier molecular flexibility index (Phi) is 4.26. The molecule has 0 aliphatic carbocycles. The van der Waals surface area contributed by atoms with Gasteiger partial charge >= 0.3 is 0 Å². The van der Waals surface area contributed by atoms with E-state index in [2.05, 4.69) is 29.2 Å². The van der Waals surface area contributed by atoms with Gasteiger partial charge in [0.2, 0.25) is 0 Å². The van der Waals surface area contributed by atoms with Crippen molar-refractivity contribution >= 4 is 36.0 Å². The van der Waals surface area contributed by atoms with Crippen molar-refractivity contribution in [2.45, 2.75) is 13.8 Å². The molecule has 0 saturated heterocycles. The smallest absolute Gasteiger partial charge is 0.0968 e. The molecule has 20 heavy (non-hydrogen) atoms. The number of benzene rings is 1. The van der Waals surface area contributed by atoms with Gasteiger partial charge in [0.25, 0.3) is 0 Å². The van der Waals surface area contributed by atoms with E-state index in [4.69, 9.17) is 0 Å². The Morgan fingerprint density at radius 2 is 1.85 bits per heavy atom. The summed E-state index contributed by atoms with van der Waals surface area (Å²) in [5, 5.41) is 2.63. The van der Waals surface area contributed by atoms with Gasteiger partial charge in [-0.15, -0.1) is 0 Å². The van der Waals surface area contributed by atoms with Crippen LogP contribution in [0.1, 0.15) is 12.5 Å². The maximum Gasteiger partial charge on any atom is 0.0968 e. The molecule has 0 N–H and O–H groups in total. The summed E-state index contributed by atoms with van der Waals surface area (Å²) >= 11 is 0. The number of aromatic nitrogens is 1. The van der Waals surface area contributed by atoms with Gasteiger partial charge in [-0.25, -0.2) is 4.98 Å². The van der Waals surface area contributed by atoms with Gasteiger partial charge in [-0.1, -0.05) is 43.5 Å². The Hall–Kier alpha value is -2.48. The maximum atomic E-state index is 4.61. The van der Waals surface area contributed by atoms with Gasteiger partial charge in [0.05, 0.1) is 16.6 Å². The van der Waals surface area contributed by atoms with E-state index in [0.29, 0.717) is 5.35 Å². The van der Waals surface area contributed by atoms with Gasteiger partial charge in [-0.2, -0.15) is 0 Å². The van der Waals surface area contributed by atoms with Crippen LogP contribution in [0.5, 0.6) is 0 Å². The molecule has 0 aliphatic rings. The number of rotatable bonds is 1. The van der Waals surface area contributed by atoms with E-state index >= 15 is 0 Å². The van der Waals surface area contributed by atoms with Gasteiger partial charge in [-0.05, 0) is 36.8 Å². The first-order valence-corrected chi connectivity index (χ1v) is 6.53. The standard InChI is InChI=1S/C18H18N2/c1-5-19-17-14(3)10-11-16-12-13(2)8-6-7-9-15(4)20-18(16)17/h5-12H,2,4H2,1,3H3/b8-6?,9-7?,16-12?,19-5-,20-18?. The molecule has 2 nitrogen and oxygen atoms in total. The van der Waals surface area contributed by atoms with Crippen LogP contribution in [0, 0.1) is 6.92 Å². The third kappa shape index (κ3) is 3.09. The molecule has 2 rings (SSSR count). The van der Waals surface area contributed by atoms with Crippen LogP contribution in [0.15, 0.2) is 47.5 Å². The second-order valence-electron chi connectivity index (χ2n) is 4.60. The molecule has 1 aromatic carbocycles. The molecule has 2 aromatic rings. The Labute approximate surface area is 119 Å². The third-order valence-corrected chi connectivity index (χ3v) is 2.95. The molecular formula is C18H18N2. The lowest BCUT2D eigenvalue weighted by Gasteiger charge is -2.03. The number of aryl methyl sites for hydroxylation is 1. The lowest BCUT2D eigenvalue weighted by Crippen LogP contribution is -2.01. The molecule has 0 aliphatic heterocycles. The van der Waals surface area contributed by atoms with Gasteiger partial charge in [0, 0.05) is 11.6 Å². The van der Waals surface area contributed by atoms with E-state index in [-0.39, 0.29) is 0 Å². The highest BCUT2D eigenvalue weighted by Gasteiger charge is 2.02. The SMILES string of the molecule is C=c1ccccc(=C)nc2c(/N=C\C)c(C)ccc2c1. The highest BCUT2D eigenvalue weighted by Crippen LogP contribution is 2.26. The highest BCUT2D eigenvalue weighted by molar-refractivity contribution is 5.91. The first-order chi connectivity index (χ1) is 9.61. The number of hydrogen-bond donors (Lipinski definition) is 0. The predicted molar refractivity (Wildman–Crippen MR) is 88.2 cm³/mol.